The zero-order chi connectivity index (χ0) is 17.8. The number of rotatable bonds is 6. The Morgan fingerprint density at radius 3 is 2.64 bits per heavy atom. The Labute approximate surface area is 151 Å². The van der Waals surface area contributed by atoms with Crippen LogP contribution in [0.3, 0.4) is 0 Å². The Morgan fingerprint density at radius 1 is 1.24 bits per heavy atom. The van der Waals surface area contributed by atoms with Gasteiger partial charge in [-0.05, 0) is 49.8 Å². The summed E-state index contributed by atoms with van der Waals surface area (Å²) in [6, 6.07) is 8.14. The minimum Gasteiger partial charge on any atom is -0.388 e. The zero-order valence-electron chi connectivity index (χ0n) is 14.1. The molecule has 2 N–H and O–H groups in total. The molecule has 0 unspecified atom stereocenters. The molecule has 0 saturated carbocycles. The molecule has 1 aromatic heterocycles. The van der Waals surface area contributed by atoms with Gasteiger partial charge in [-0.25, -0.2) is 4.98 Å². The second-order valence-corrected chi connectivity index (χ2v) is 6.50. The molecule has 0 fully saturated rings. The number of pyridine rings is 1. The van der Waals surface area contributed by atoms with E-state index in [4.69, 9.17) is 11.6 Å². The lowest BCUT2D eigenvalue weighted by Gasteiger charge is -2.20. The number of benzene rings is 1. The Morgan fingerprint density at radius 2 is 1.96 bits per heavy atom. The number of hydrogen-bond donors (Lipinski definition) is 2. The van der Waals surface area contributed by atoms with Crippen LogP contribution in [-0.2, 0) is 19.3 Å². The Kier molecular flexibility index (Phi) is 5.38. The lowest BCUT2D eigenvalue weighted by molar-refractivity contribution is -0.384. The highest BCUT2D eigenvalue weighted by Gasteiger charge is 2.28. The summed E-state index contributed by atoms with van der Waals surface area (Å²) in [5.41, 5.74) is 4.51. The Bertz CT molecular complexity index is 778. The van der Waals surface area contributed by atoms with Gasteiger partial charge < -0.3 is 10.6 Å². The molecule has 1 aromatic carbocycles. The molecule has 0 aliphatic heterocycles. The third-order valence-electron chi connectivity index (χ3n) is 4.55. The van der Waals surface area contributed by atoms with E-state index < -0.39 is 4.92 Å². The first kappa shape index (κ1) is 17.5. The molecule has 3 rings (SSSR count). The molecular weight excluding hydrogens is 340 g/mol. The van der Waals surface area contributed by atoms with Crippen molar-refractivity contribution in [1.82, 2.24) is 4.98 Å². The van der Waals surface area contributed by atoms with Crippen molar-refractivity contribution < 1.29 is 4.92 Å². The molecule has 0 saturated heterocycles. The van der Waals surface area contributed by atoms with Crippen LogP contribution in [0.4, 0.5) is 17.1 Å². The maximum atomic E-state index is 11.5. The van der Waals surface area contributed by atoms with E-state index in [0.29, 0.717) is 12.2 Å². The molecule has 0 spiro atoms. The van der Waals surface area contributed by atoms with Crippen LogP contribution < -0.4 is 10.6 Å². The number of aryl methyl sites for hydroxylation is 1. The number of fused-ring (bicyclic) bond motifs is 1. The second-order valence-electron chi connectivity index (χ2n) is 6.14. The van der Waals surface area contributed by atoms with Gasteiger partial charge in [0, 0.05) is 30.5 Å². The minimum absolute atomic E-state index is 0.0217. The van der Waals surface area contributed by atoms with Gasteiger partial charge in [-0.2, -0.15) is 0 Å². The largest absolute Gasteiger partial charge is 0.388 e. The van der Waals surface area contributed by atoms with E-state index in [1.807, 2.05) is 19.2 Å². The molecule has 25 heavy (non-hydrogen) atoms. The van der Waals surface area contributed by atoms with Gasteiger partial charge in [0.1, 0.15) is 5.69 Å². The molecule has 0 bridgehead atoms. The van der Waals surface area contributed by atoms with Crippen LogP contribution in [-0.4, -0.2) is 23.5 Å². The van der Waals surface area contributed by atoms with Crippen molar-refractivity contribution in [2.45, 2.75) is 32.1 Å². The molecule has 0 atom stereocenters. The summed E-state index contributed by atoms with van der Waals surface area (Å²) in [7, 11) is 1.88. The van der Waals surface area contributed by atoms with Crippen molar-refractivity contribution in [2.75, 3.05) is 24.2 Å². The summed E-state index contributed by atoms with van der Waals surface area (Å²) < 4.78 is 0. The van der Waals surface area contributed by atoms with E-state index in [1.165, 1.54) is 5.56 Å². The van der Waals surface area contributed by atoms with Gasteiger partial charge in [0.05, 0.1) is 4.92 Å². The molecule has 132 valence electrons. The first-order valence-electron chi connectivity index (χ1n) is 8.46. The van der Waals surface area contributed by atoms with Crippen LogP contribution in [0.15, 0.2) is 24.3 Å². The zero-order valence-corrected chi connectivity index (χ0v) is 14.9. The van der Waals surface area contributed by atoms with Crippen LogP contribution in [0.25, 0.3) is 0 Å². The fraction of sp³-hybridized carbons (Fsp3) is 0.389. The minimum atomic E-state index is -0.436. The van der Waals surface area contributed by atoms with Gasteiger partial charge in [-0.1, -0.05) is 23.7 Å². The fourth-order valence-corrected chi connectivity index (χ4v) is 3.49. The number of anilines is 2. The lowest BCUT2D eigenvalue weighted by atomic mass is 9.94. The van der Waals surface area contributed by atoms with Crippen molar-refractivity contribution >= 4 is 28.7 Å². The smallest absolute Gasteiger partial charge is 0.329 e. The third-order valence-corrected chi connectivity index (χ3v) is 4.81. The molecule has 7 heteroatoms. The van der Waals surface area contributed by atoms with E-state index in [1.54, 1.807) is 0 Å². The van der Waals surface area contributed by atoms with E-state index >= 15 is 0 Å². The lowest BCUT2D eigenvalue weighted by Crippen LogP contribution is -2.15. The van der Waals surface area contributed by atoms with E-state index in [9.17, 15) is 10.1 Å². The van der Waals surface area contributed by atoms with Crippen molar-refractivity contribution in [1.29, 1.82) is 0 Å². The van der Waals surface area contributed by atoms with Gasteiger partial charge >= 0.3 is 5.69 Å². The first-order chi connectivity index (χ1) is 12.1. The maximum absolute atomic E-state index is 11.5. The van der Waals surface area contributed by atoms with Gasteiger partial charge in [0.15, 0.2) is 0 Å². The summed E-state index contributed by atoms with van der Waals surface area (Å²) in [6.45, 7) is 0.604. The topological polar surface area (TPSA) is 80.1 Å². The summed E-state index contributed by atoms with van der Waals surface area (Å²) in [5.74, 6) is 0. The summed E-state index contributed by atoms with van der Waals surface area (Å²) in [4.78, 5) is 15.3. The summed E-state index contributed by atoms with van der Waals surface area (Å²) in [5, 5.41) is 17.8. The van der Waals surface area contributed by atoms with E-state index in [0.717, 1.165) is 49.0 Å². The van der Waals surface area contributed by atoms with Gasteiger partial charge in [-0.3, -0.25) is 10.1 Å². The second kappa shape index (κ2) is 7.70. The monoisotopic (exact) mass is 360 g/mol. The highest BCUT2D eigenvalue weighted by atomic mass is 35.5. The summed E-state index contributed by atoms with van der Waals surface area (Å²) >= 11 is 6.09. The Hall–Kier alpha value is -2.34. The molecule has 1 aliphatic rings. The van der Waals surface area contributed by atoms with Crippen LogP contribution in [0, 0.1) is 10.1 Å². The van der Waals surface area contributed by atoms with Gasteiger partial charge in [0.2, 0.25) is 5.15 Å². The van der Waals surface area contributed by atoms with Gasteiger partial charge in [0.25, 0.3) is 0 Å². The molecule has 2 aromatic rings. The van der Waals surface area contributed by atoms with Crippen LogP contribution in [0.2, 0.25) is 5.15 Å². The van der Waals surface area contributed by atoms with Crippen molar-refractivity contribution in [3.05, 3.63) is 56.4 Å². The third kappa shape index (κ3) is 3.85. The standard InChI is InChI=1S/C18H21ClN4O2/c1-20-13-8-6-12(7-9-13)10-11-21-16-14-4-2-3-5-15(14)22-18(19)17(16)23(24)25/h6-9,20H,2-5,10-11H2,1H3,(H,21,22). The van der Waals surface area contributed by atoms with Gasteiger partial charge in [-0.15, -0.1) is 0 Å². The average Bonchev–Trinajstić information content (AvgIpc) is 2.61. The number of halogens is 1. The predicted octanol–water partition coefficient (Wildman–Crippen LogP) is 4.22. The SMILES string of the molecule is CNc1ccc(CCNc2c3c(nc(Cl)c2[N+](=O)[O-])CCCC3)cc1. The predicted molar refractivity (Wildman–Crippen MR) is 101 cm³/mol. The number of nitrogens with one attached hydrogen (secondary N) is 2. The highest BCUT2D eigenvalue weighted by molar-refractivity contribution is 6.32. The molecular formula is C18H21ClN4O2. The van der Waals surface area contributed by atoms with Crippen LogP contribution in [0.1, 0.15) is 29.7 Å². The van der Waals surface area contributed by atoms with Crippen LogP contribution >= 0.6 is 11.6 Å². The van der Waals surface area contributed by atoms with Crippen molar-refractivity contribution in [3.63, 3.8) is 0 Å². The van der Waals surface area contributed by atoms with Crippen molar-refractivity contribution in [3.8, 4) is 0 Å². The number of aromatic nitrogens is 1. The fourth-order valence-electron chi connectivity index (χ4n) is 3.23. The molecule has 1 heterocycles. The number of nitro groups is 1. The maximum Gasteiger partial charge on any atom is 0.329 e. The highest BCUT2D eigenvalue weighted by Crippen LogP contribution is 2.38. The quantitative estimate of drug-likeness (QED) is 0.458. The average molecular weight is 361 g/mol. The summed E-state index contributed by atoms with van der Waals surface area (Å²) in [6.07, 6.45) is 4.47. The van der Waals surface area contributed by atoms with Crippen LogP contribution in [0.5, 0.6) is 0 Å². The molecule has 6 nitrogen and oxygen atoms in total. The Balaban J connectivity index is 1.80. The molecule has 1 aliphatic carbocycles. The molecule has 0 radical (unpaired) electrons. The molecule has 0 amide bonds. The number of hydrogen-bond acceptors (Lipinski definition) is 5. The van der Waals surface area contributed by atoms with Crippen molar-refractivity contribution in [2.24, 2.45) is 0 Å². The van der Waals surface area contributed by atoms with E-state index in [2.05, 4.69) is 27.8 Å². The first-order valence-corrected chi connectivity index (χ1v) is 8.84. The normalized spacial score (nSPS) is 13.2. The number of nitrogens with zero attached hydrogens (tertiary/aromatic N) is 2. The van der Waals surface area contributed by atoms with E-state index in [-0.39, 0.29) is 10.8 Å².